The fraction of sp³-hybridized carbons (Fsp3) is 0.294. The van der Waals surface area contributed by atoms with Gasteiger partial charge in [0.2, 0.25) is 0 Å². The summed E-state index contributed by atoms with van der Waals surface area (Å²) >= 11 is 0. The molecule has 2 aromatic rings. The van der Waals surface area contributed by atoms with Crippen LogP contribution in [-0.4, -0.2) is 35.3 Å². The van der Waals surface area contributed by atoms with Crippen molar-refractivity contribution >= 4 is 16.8 Å². The molecule has 0 saturated carbocycles. The molecule has 1 aromatic carbocycles. The molecule has 0 bridgehead atoms. The smallest absolute Gasteiger partial charge is 0.269 e. The van der Waals surface area contributed by atoms with Crippen LogP contribution in [0.25, 0.3) is 10.9 Å². The Balaban J connectivity index is 1.83. The van der Waals surface area contributed by atoms with E-state index in [0.29, 0.717) is 12.3 Å². The minimum atomic E-state index is -0.394. The number of fused-ring (bicyclic) bond motifs is 3. The first-order valence-electron chi connectivity index (χ1n) is 7.77. The van der Waals surface area contributed by atoms with E-state index < -0.39 is 5.91 Å². The van der Waals surface area contributed by atoms with Gasteiger partial charge in [-0.25, -0.2) is 0 Å². The minimum absolute atomic E-state index is 0.0354. The van der Waals surface area contributed by atoms with Crippen molar-refractivity contribution in [3.05, 3.63) is 47.9 Å². The summed E-state index contributed by atoms with van der Waals surface area (Å²) in [6.45, 7) is 2.19. The Kier molecular flexibility index (Phi) is 4.52. The molecule has 1 aromatic heterocycles. The van der Waals surface area contributed by atoms with Crippen LogP contribution in [0.5, 0.6) is 5.75 Å². The van der Waals surface area contributed by atoms with E-state index in [0.717, 1.165) is 16.5 Å². The predicted molar refractivity (Wildman–Crippen MR) is 90.1 cm³/mol. The van der Waals surface area contributed by atoms with Crippen LogP contribution in [0.2, 0.25) is 0 Å². The number of benzene rings is 1. The molecule has 0 fully saturated rings. The molecule has 2 unspecified atom stereocenters. The number of hydrogen-bond acceptors (Lipinski definition) is 6. The number of carbonyl (C=O) groups is 1. The highest BCUT2D eigenvalue weighted by molar-refractivity contribution is 5.93. The molecule has 126 valence electrons. The second-order valence-corrected chi connectivity index (χ2v) is 5.61. The molecule has 0 spiro atoms. The lowest BCUT2D eigenvalue weighted by molar-refractivity contribution is -0.118. The number of carbonyl (C=O) groups excluding carboxylic acids is 1. The van der Waals surface area contributed by atoms with Gasteiger partial charge in [-0.3, -0.25) is 9.78 Å². The Morgan fingerprint density at radius 3 is 3.08 bits per heavy atom. The quantitative estimate of drug-likeness (QED) is 0.471. The number of aromatic nitrogens is 1. The van der Waals surface area contributed by atoms with Crippen LogP contribution in [0.15, 0.2) is 42.4 Å². The molecule has 7 nitrogen and oxygen atoms in total. The number of nitrogens with one attached hydrogen (secondary N) is 2. The van der Waals surface area contributed by atoms with Crippen molar-refractivity contribution in [3.63, 3.8) is 0 Å². The third-order valence-electron chi connectivity index (χ3n) is 3.93. The maximum Gasteiger partial charge on any atom is 0.269 e. The molecular formula is C17H20N4O3. The summed E-state index contributed by atoms with van der Waals surface area (Å²) in [5.74, 6) is 0.307. The third kappa shape index (κ3) is 2.98. The standard InChI is InChI=1S/C17H20N4O3/c1-10-14(21-17(23)13(18)9-19-7-8-22)12-5-4-11-3-2-6-20-15(11)16(12)24-10/h2-6,9-10,14,19,22H,7-8,18H2,1H3,(H,21,23)/b13-9-. The van der Waals surface area contributed by atoms with E-state index in [1.165, 1.54) is 6.20 Å². The molecule has 0 saturated heterocycles. The van der Waals surface area contributed by atoms with E-state index in [-0.39, 0.29) is 24.4 Å². The molecule has 2 atom stereocenters. The first-order chi connectivity index (χ1) is 11.6. The van der Waals surface area contributed by atoms with Gasteiger partial charge in [-0.05, 0) is 13.0 Å². The summed E-state index contributed by atoms with van der Waals surface area (Å²) in [6.07, 6.45) is 2.88. The van der Waals surface area contributed by atoms with E-state index in [9.17, 15) is 4.79 Å². The van der Waals surface area contributed by atoms with Crippen LogP contribution >= 0.6 is 0 Å². The van der Waals surface area contributed by atoms with Crippen molar-refractivity contribution in [1.82, 2.24) is 15.6 Å². The number of hydrogen-bond donors (Lipinski definition) is 4. The zero-order valence-corrected chi connectivity index (χ0v) is 13.3. The van der Waals surface area contributed by atoms with Gasteiger partial charge in [0.05, 0.1) is 12.6 Å². The van der Waals surface area contributed by atoms with Gasteiger partial charge in [-0.15, -0.1) is 0 Å². The predicted octanol–water partition coefficient (Wildman–Crippen LogP) is 0.555. The van der Waals surface area contributed by atoms with E-state index in [4.69, 9.17) is 15.6 Å². The van der Waals surface area contributed by atoms with Crippen LogP contribution in [-0.2, 0) is 4.79 Å². The van der Waals surface area contributed by atoms with E-state index in [1.807, 2.05) is 31.2 Å². The van der Waals surface area contributed by atoms with Gasteiger partial charge < -0.3 is 26.2 Å². The first-order valence-corrected chi connectivity index (χ1v) is 7.77. The highest BCUT2D eigenvalue weighted by atomic mass is 16.5. The fourth-order valence-corrected chi connectivity index (χ4v) is 2.74. The second kappa shape index (κ2) is 6.76. The Morgan fingerprint density at radius 1 is 1.46 bits per heavy atom. The number of aliphatic hydroxyl groups excluding tert-OH is 1. The van der Waals surface area contributed by atoms with Crippen LogP contribution in [0, 0.1) is 0 Å². The largest absolute Gasteiger partial charge is 0.486 e. The molecule has 7 heteroatoms. The van der Waals surface area contributed by atoms with Crippen LogP contribution in [0.1, 0.15) is 18.5 Å². The first kappa shape index (κ1) is 16.1. The van der Waals surface area contributed by atoms with Gasteiger partial charge in [0.25, 0.3) is 5.91 Å². The summed E-state index contributed by atoms with van der Waals surface area (Å²) in [5, 5.41) is 15.4. The molecule has 1 aliphatic heterocycles. The number of rotatable bonds is 5. The maximum atomic E-state index is 12.2. The molecular weight excluding hydrogens is 308 g/mol. The maximum absolute atomic E-state index is 12.2. The molecule has 3 rings (SSSR count). The Labute approximate surface area is 139 Å². The van der Waals surface area contributed by atoms with E-state index in [2.05, 4.69) is 15.6 Å². The average molecular weight is 328 g/mol. The second-order valence-electron chi connectivity index (χ2n) is 5.61. The fourth-order valence-electron chi connectivity index (χ4n) is 2.74. The van der Waals surface area contributed by atoms with Crippen molar-refractivity contribution in [3.8, 4) is 5.75 Å². The number of nitrogens with two attached hydrogens (primary N) is 1. The van der Waals surface area contributed by atoms with Crippen LogP contribution in [0.3, 0.4) is 0 Å². The van der Waals surface area contributed by atoms with Gasteiger partial charge in [-0.2, -0.15) is 0 Å². The molecule has 24 heavy (non-hydrogen) atoms. The molecule has 0 radical (unpaired) electrons. The van der Waals surface area contributed by atoms with Gasteiger partial charge in [0, 0.05) is 29.9 Å². The lowest BCUT2D eigenvalue weighted by Crippen LogP contribution is -2.37. The number of amides is 1. The number of nitrogens with zero attached hydrogens (tertiary/aromatic N) is 1. The van der Waals surface area contributed by atoms with Crippen molar-refractivity contribution in [2.24, 2.45) is 5.73 Å². The van der Waals surface area contributed by atoms with Gasteiger partial charge in [0.15, 0.2) is 5.75 Å². The average Bonchev–Trinajstić information content (AvgIpc) is 2.91. The normalized spacial score (nSPS) is 19.7. The van der Waals surface area contributed by atoms with Crippen LogP contribution in [0.4, 0.5) is 0 Å². The topological polar surface area (TPSA) is 110 Å². The minimum Gasteiger partial charge on any atom is -0.486 e. The van der Waals surface area contributed by atoms with Crippen molar-refractivity contribution in [1.29, 1.82) is 0 Å². The molecule has 5 N–H and O–H groups in total. The Morgan fingerprint density at radius 2 is 2.29 bits per heavy atom. The SMILES string of the molecule is CC1Oc2c(ccc3cccnc23)C1NC(=O)/C(N)=C/NCCO. The van der Waals surface area contributed by atoms with Crippen LogP contribution < -0.4 is 21.1 Å². The summed E-state index contributed by atoms with van der Waals surface area (Å²) in [5.41, 5.74) is 7.46. The summed E-state index contributed by atoms with van der Waals surface area (Å²) in [4.78, 5) is 16.6. The monoisotopic (exact) mass is 328 g/mol. The highest BCUT2D eigenvalue weighted by Gasteiger charge is 2.34. The lowest BCUT2D eigenvalue weighted by atomic mass is 10.0. The van der Waals surface area contributed by atoms with E-state index in [1.54, 1.807) is 6.20 Å². The Hall–Kier alpha value is -2.80. The summed E-state index contributed by atoms with van der Waals surface area (Å²) in [7, 11) is 0. The summed E-state index contributed by atoms with van der Waals surface area (Å²) < 4.78 is 5.93. The van der Waals surface area contributed by atoms with Crippen molar-refractivity contribution in [2.75, 3.05) is 13.2 Å². The zero-order valence-electron chi connectivity index (χ0n) is 13.3. The number of pyridine rings is 1. The van der Waals surface area contributed by atoms with E-state index >= 15 is 0 Å². The summed E-state index contributed by atoms with van der Waals surface area (Å²) in [6, 6.07) is 7.44. The van der Waals surface area contributed by atoms with Gasteiger partial charge >= 0.3 is 0 Å². The molecule has 1 amide bonds. The zero-order chi connectivity index (χ0) is 17.1. The van der Waals surface area contributed by atoms with Crippen molar-refractivity contribution < 1.29 is 14.6 Å². The molecule has 0 aliphatic carbocycles. The lowest BCUT2D eigenvalue weighted by Gasteiger charge is -2.17. The number of ether oxygens (including phenoxy) is 1. The number of aliphatic hydroxyl groups is 1. The van der Waals surface area contributed by atoms with Crippen molar-refractivity contribution in [2.45, 2.75) is 19.1 Å². The molecule has 1 aliphatic rings. The third-order valence-corrected chi connectivity index (χ3v) is 3.93. The van der Waals surface area contributed by atoms with Gasteiger partial charge in [0.1, 0.15) is 17.3 Å². The van der Waals surface area contributed by atoms with Gasteiger partial charge in [-0.1, -0.05) is 18.2 Å². The highest BCUT2D eigenvalue weighted by Crippen LogP contribution is 2.40. The molecule has 2 heterocycles. The Bertz CT molecular complexity index is 790.